The molecule has 0 aliphatic heterocycles. The summed E-state index contributed by atoms with van der Waals surface area (Å²) < 4.78 is 24.8. The molecule has 2 aromatic heterocycles. The number of hydrogen-bond donors (Lipinski definition) is 0. The number of halogens is 2. The molecule has 0 radical (unpaired) electrons. The first-order valence-corrected chi connectivity index (χ1v) is 8.04. The van der Waals surface area contributed by atoms with E-state index in [4.69, 9.17) is 10.7 Å². The Labute approximate surface area is 117 Å². The van der Waals surface area contributed by atoms with Crippen molar-refractivity contribution in [3.05, 3.63) is 22.8 Å². The lowest BCUT2D eigenvalue weighted by Gasteiger charge is -2.05. The van der Waals surface area contributed by atoms with E-state index in [-0.39, 0.29) is 5.16 Å². The third-order valence-corrected chi connectivity index (χ3v) is 4.01. The molecule has 0 bridgehead atoms. The Morgan fingerprint density at radius 3 is 2.72 bits per heavy atom. The fraction of sp³-hybridized carbons (Fsp3) is 0.222. The van der Waals surface area contributed by atoms with Crippen molar-refractivity contribution in [1.29, 1.82) is 0 Å². The smallest absolute Gasteiger partial charge is 0.296 e. The molecule has 0 fully saturated rings. The Bertz CT molecular complexity index is 686. The molecule has 0 aliphatic rings. The highest BCUT2D eigenvalue weighted by molar-refractivity contribution is 9.10. The predicted molar refractivity (Wildman–Crippen MR) is 69.7 cm³/mol. The van der Waals surface area contributed by atoms with E-state index in [0.29, 0.717) is 22.5 Å². The summed E-state index contributed by atoms with van der Waals surface area (Å²) in [6.07, 6.45) is 1.59. The van der Waals surface area contributed by atoms with Crippen molar-refractivity contribution in [1.82, 2.24) is 19.7 Å². The van der Waals surface area contributed by atoms with Crippen molar-refractivity contribution in [2.75, 3.05) is 0 Å². The van der Waals surface area contributed by atoms with Crippen LogP contribution in [0.5, 0.6) is 0 Å². The summed E-state index contributed by atoms with van der Waals surface area (Å²) >= 11 is 3.33. The Morgan fingerprint density at radius 1 is 1.44 bits per heavy atom. The molecule has 0 atom stereocenters. The third-order valence-electron chi connectivity index (χ3n) is 2.22. The van der Waals surface area contributed by atoms with Crippen LogP contribution < -0.4 is 0 Å². The van der Waals surface area contributed by atoms with E-state index < -0.39 is 9.05 Å². The molecule has 0 N–H and O–H groups in total. The summed E-state index contributed by atoms with van der Waals surface area (Å²) in [6, 6.07) is 3.53. The van der Waals surface area contributed by atoms with E-state index in [1.807, 2.05) is 0 Å². The molecule has 0 saturated carbocycles. The van der Waals surface area contributed by atoms with Gasteiger partial charge in [0.15, 0.2) is 5.82 Å². The normalized spacial score (nSPS) is 11.7. The van der Waals surface area contributed by atoms with Crippen molar-refractivity contribution in [3.63, 3.8) is 0 Å². The minimum absolute atomic E-state index is 0.279. The van der Waals surface area contributed by atoms with Crippen molar-refractivity contribution in [2.45, 2.75) is 18.6 Å². The molecule has 0 aromatic carbocycles. The van der Waals surface area contributed by atoms with Crippen LogP contribution in [-0.2, 0) is 15.6 Å². The topological polar surface area (TPSA) is 77.7 Å². The van der Waals surface area contributed by atoms with E-state index in [2.05, 4.69) is 31.1 Å². The number of hydrogen-bond acceptors (Lipinski definition) is 5. The second-order valence-electron chi connectivity index (χ2n) is 3.32. The standard InChI is InChI=1S/C9H8BrClN4O2S/c1-2-15-8(7-6(10)4-3-5-12-7)13-14-9(15)18(11,16)17/h3-5H,2H2,1H3. The van der Waals surface area contributed by atoms with Crippen LogP contribution in [0.2, 0.25) is 0 Å². The molecule has 2 rings (SSSR count). The lowest BCUT2D eigenvalue weighted by atomic mass is 10.3. The Hall–Kier alpha value is -0.990. The Kier molecular flexibility index (Phi) is 3.69. The quantitative estimate of drug-likeness (QED) is 0.791. The van der Waals surface area contributed by atoms with Gasteiger partial charge in [-0.3, -0.25) is 9.55 Å². The summed E-state index contributed by atoms with van der Waals surface area (Å²) in [5, 5.41) is 7.17. The highest BCUT2D eigenvalue weighted by Gasteiger charge is 2.23. The average Bonchev–Trinajstić information content (AvgIpc) is 2.72. The number of rotatable bonds is 3. The van der Waals surface area contributed by atoms with Crippen LogP contribution in [-0.4, -0.2) is 28.2 Å². The molecule has 0 spiro atoms. The second-order valence-corrected chi connectivity index (χ2v) is 6.64. The SMILES string of the molecule is CCn1c(-c2ncccc2Br)nnc1S(=O)(=O)Cl. The lowest BCUT2D eigenvalue weighted by Crippen LogP contribution is -2.06. The summed E-state index contributed by atoms with van der Waals surface area (Å²) in [5.41, 5.74) is 0.512. The van der Waals surface area contributed by atoms with Crippen LogP contribution in [0.1, 0.15) is 6.92 Å². The first-order chi connectivity index (χ1) is 8.45. The molecule has 0 amide bonds. The van der Waals surface area contributed by atoms with Gasteiger partial charge in [0.25, 0.3) is 14.2 Å². The van der Waals surface area contributed by atoms with Gasteiger partial charge in [-0.25, -0.2) is 8.42 Å². The van der Waals surface area contributed by atoms with Gasteiger partial charge in [0.05, 0.1) is 0 Å². The third kappa shape index (κ3) is 2.40. The maximum absolute atomic E-state index is 11.4. The zero-order valence-electron chi connectivity index (χ0n) is 9.21. The zero-order chi connectivity index (χ0) is 13.3. The molecule has 9 heteroatoms. The van der Waals surface area contributed by atoms with Gasteiger partial charge in [-0.1, -0.05) is 0 Å². The molecule has 96 valence electrons. The monoisotopic (exact) mass is 350 g/mol. The second kappa shape index (κ2) is 4.94. The fourth-order valence-electron chi connectivity index (χ4n) is 1.48. The summed E-state index contributed by atoms with van der Waals surface area (Å²) in [5.74, 6) is 0.351. The number of aromatic nitrogens is 4. The van der Waals surface area contributed by atoms with Crippen LogP contribution in [0.3, 0.4) is 0 Å². The van der Waals surface area contributed by atoms with Gasteiger partial charge in [0.2, 0.25) is 0 Å². The summed E-state index contributed by atoms with van der Waals surface area (Å²) in [6.45, 7) is 2.14. The molecule has 2 heterocycles. The molecule has 2 aromatic rings. The summed E-state index contributed by atoms with van der Waals surface area (Å²) in [4.78, 5) is 4.14. The molecular formula is C9H8BrClN4O2S. The number of nitrogens with zero attached hydrogens (tertiary/aromatic N) is 4. The molecule has 0 saturated heterocycles. The van der Waals surface area contributed by atoms with Crippen molar-refractivity contribution >= 4 is 35.7 Å². The highest BCUT2D eigenvalue weighted by Crippen LogP contribution is 2.26. The zero-order valence-corrected chi connectivity index (χ0v) is 12.4. The highest BCUT2D eigenvalue weighted by atomic mass is 79.9. The molecule has 6 nitrogen and oxygen atoms in total. The van der Waals surface area contributed by atoms with Gasteiger partial charge >= 0.3 is 0 Å². The largest absolute Gasteiger partial charge is 0.296 e. The minimum atomic E-state index is -3.93. The van der Waals surface area contributed by atoms with E-state index >= 15 is 0 Å². The van der Waals surface area contributed by atoms with Crippen LogP contribution in [0, 0.1) is 0 Å². The average molecular weight is 352 g/mol. The maximum atomic E-state index is 11.4. The van der Waals surface area contributed by atoms with Crippen LogP contribution >= 0.6 is 26.6 Å². The van der Waals surface area contributed by atoms with Gasteiger partial charge in [-0.15, -0.1) is 10.2 Å². The van der Waals surface area contributed by atoms with E-state index in [0.717, 1.165) is 0 Å². The summed E-state index contributed by atoms with van der Waals surface area (Å²) in [7, 11) is 1.37. The Balaban J connectivity index is 2.68. The van der Waals surface area contributed by atoms with Gasteiger partial charge in [-0.05, 0) is 35.0 Å². The Morgan fingerprint density at radius 2 is 2.17 bits per heavy atom. The molecule has 0 aliphatic carbocycles. The van der Waals surface area contributed by atoms with Crippen molar-refractivity contribution < 1.29 is 8.42 Å². The number of pyridine rings is 1. The first kappa shape index (κ1) is 13.4. The fourth-order valence-corrected chi connectivity index (χ4v) is 2.87. The van der Waals surface area contributed by atoms with E-state index in [9.17, 15) is 8.42 Å². The van der Waals surface area contributed by atoms with Gasteiger partial charge in [0.1, 0.15) is 5.69 Å². The van der Waals surface area contributed by atoms with Gasteiger partial charge in [-0.2, -0.15) is 0 Å². The maximum Gasteiger partial charge on any atom is 0.296 e. The van der Waals surface area contributed by atoms with Crippen LogP contribution in [0.25, 0.3) is 11.5 Å². The minimum Gasteiger partial charge on any atom is -0.296 e. The van der Waals surface area contributed by atoms with Gasteiger partial charge in [0, 0.05) is 27.9 Å². The predicted octanol–water partition coefficient (Wildman–Crippen LogP) is 2.05. The van der Waals surface area contributed by atoms with Gasteiger partial charge < -0.3 is 0 Å². The molecular weight excluding hydrogens is 344 g/mol. The van der Waals surface area contributed by atoms with E-state index in [1.54, 1.807) is 25.3 Å². The van der Waals surface area contributed by atoms with Crippen LogP contribution in [0.15, 0.2) is 28.0 Å². The first-order valence-electron chi connectivity index (χ1n) is 4.94. The van der Waals surface area contributed by atoms with Crippen molar-refractivity contribution in [2.24, 2.45) is 0 Å². The molecule has 18 heavy (non-hydrogen) atoms. The van der Waals surface area contributed by atoms with Crippen molar-refractivity contribution in [3.8, 4) is 11.5 Å². The molecule has 0 unspecified atom stereocenters. The van der Waals surface area contributed by atoms with Crippen LogP contribution in [0.4, 0.5) is 0 Å². The van der Waals surface area contributed by atoms with E-state index in [1.165, 1.54) is 4.57 Å². The lowest BCUT2D eigenvalue weighted by molar-refractivity contribution is 0.582.